The van der Waals surface area contributed by atoms with E-state index >= 15 is 0 Å². The van der Waals surface area contributed by atoms with E-state index in [-0.39, 0.29) is 11.6 Å². The Kier molecular flexibility index (Phi) is 3.58. The maximum absolute atomic E-state index is 11.3. The van der Waals surface area contributed by atoms with Gasteiger partial charge in [0, 0.05) is 11.8 Å². The average molecular weight is 259 g/mol. The van der Waals surface area contributed by atoms with Crippen molar-refractivity contribution in [1.82, 2.24) is 15.2 Å². The molecular weight excluding hydrogens is 246 g/mol. The van der Waals surface area contributed by atoms with Crippen molar-refractivity contribution in [1.29, 1.82) is 0 Å². The van der Waals surface area contributed by atoms with E-state index < -0.39 is 5.91 Å². The molecule has 2 aromatic rings. The molecule has 0 saturated carbocycles. The third kappa shape index (κ3) is 2.96. The molecule has 0 atom stereocenters. The third-order valence-electron chi connectivity index (χ3n) is 2.58. The van der Waals surface area contributed by atoms with Gasteiger partial charge in [0.2, 0.25) is 0 Å². The van der Waals surface area contributed by atoms with Crippen molar-refractivity contribution in [3.05, 3.63) is 53.3 Å². The number of amides is 2. The molecule has 0 spiro atoms. The fraction of sp³-hybridized carbons (Fsp3) is 0.0833. The maximum atomic E-state index is 11.3. The number of carbonyl (C=O) groups is 2. The van der Waals surface area contributed by atoms with E-state index in [1.807, 2.05) is 0 Å². The van der Waals surface area contributed by atoms with Crippen molar-refractivity contribution in [2.75, 3.05) is 0 Å². The van der Waals surface area contributed by atoms with E-state index in [1.165, 1.54) is 0 Å². The molecule has 7 heteroatoms. The van der Waals surface area contributed by atoms with E-state index in [1.54, 1.807) is 41.2 Å². The first kappa shape index (κ1) is 12.8. The quantitative estimate of drug-likeness (QED) is 0.394. The van der Waals surface area contributed by atoms with Crippen LogP contribution in [0.1, 0.15) is 26.4 Å². The van der Waals surface area contributed by atoms with Gasteiger partial charge in [0.25, 0.3) is 11.8 Å². The van der Waals surface area contributed by atoms with Gasteiger partial charge in [-0.25, -0.2) is 5.84 Å². The van der Waals surface area contributed by atoms with Gasteiger partial charge in [-0.05, 0) is 23.8 Å². The zero-order chi connectivity index (χ0) is 13.8. The lowest BCUT2D eigenvalue weighted by Gasteiger charge is -2.03. The third-order valence-corrected chi connectivity index (χ3v) is 2.58. The molecule has 0 unspecified atom stereocenters. The summed E-state index contributed by atoms with van der Waals surface area (Å²) in [5, 5.41) is 4.02. The first-order valence-corrected chi connectivity index (χ1v) is 5.53. The molecule has 2 rings (SSSR count). The number of nitrogens with one attached hydrogen (secondary N) is 1. The van der Waals surface area contributed by atoms with E-state index in [9.17, 15) is 9.59 Å². The summed E-state index contributed by atoms with van der Waals surface area (Å²) >= 11 is 0. The fourth-order valence-corrected chi connectivity index (χ4v) is 1.61. The standard InChI is InChI=1S/C12H13N5O2/c13-11(18)10-5-6-17(16-10)7-8-1-3-9(4-2-8)12(19)15-14/h1-6H,7,14H2,(H2,13,18)(H,15,19). The second kappa shape index (κ2) is 5.32. The van der Waals surface area contributed by atoms with Gasteiger partial charge in [-0.1, -0.05) is 12.1 Å². The fourth-order valence-electron chi connectivity index (χ4n) is 1.61. The smallest absolute Gasteiger partial charge is 0.269 e. The number of hydrogen-bond acceptors (Lipinski definition) is 4. The number of aromatic nitrogens is 2. The van der Waals surface area contributed by atoms with Crippen LogP contribution in [-0.4, -0.2) is 21.6 Å². The number of nitrogens with two attached hydrogens (primary N) is 2. The van der Waals surface area contributed by atoms with Crippen molar-refractivity contribution < 1.29 is 9.59 Å². The molecule has 1 aromatic carbocycles. The first-order valence-electron chi connectivity index (χ1n) is 5.53. The molecule has 98 valence electrons. The Morgan fingerprint density at radius 2 is 1.89 bits per heavy atom. The summed E-state index contributed by atoms with van der Waals surface area (Å²) in [6.45, 7) is 0.484. The molecule has 0 aliphatic rings. The minimum atomic E-state index is -0.561. The largest absolute Gasteiger partial charge is 0.364 e. The molecule has 0 saturated heterocycles. The van der Waals surface area contributed by atoms with E-state index in [4.69, 9.17) is 11.6 Å². The summed E-state index contributed by atoms with van der Waals surface area (Å²) in [7, 11) is 0. The minimum Gasteiger partial charge on any atom is -0.364 e. The van der Waals surface area contributed by atoms with Gasteiger partial charge < -0.3 is 5.73 Å². The Hall–Kier alpha value is -2.67. The lowest BCUT2D eigenvalue weighted by Crippen LogP contribution is -2.29. The maximum Gasteiger partial charge on any atom is 0.269 e. The van der Waals surface area contributed by atoms with Crippen LogP contribution in [-0.2, 0) is 6.54 Å². The molecule has 1 aromatic heterocycles. The molecule has 0 fully saturated rings. The van der Waals surface area contributed by atoms with Gasteiger partial charge in [-0.3, -0.25) is 19.7 Å². The Labute approximate surface area is 109 Å². The number of carbonyl (C=O) groups excluding carboxylic acids is 2. The van der Waals surface area contributed by atoms with Crippen LogP contribution < -0.4 is 17.0 Å². The summed E-state index contributed by atoms with van der Waals surface area (Å²) in [5.74, 6) is 4.13. The number of hydrazine groups is 1. The lowest BCUT2D eigenvalue weighted by molar-refractivity contribution is 0.0952. The van der Waals surface area contributed by atoms with Crippen molar-refractivity contribution in [3.63, 3.8) is 0 Å². The summed E-state index contributed by atoms with van der Waals surface area (Å²) in [6.07, 6.45) is 1.67. The van der Waals surface area contributed by atoms with Gasteiger partial charge in [0.1, 0.15) is 5.69 Å². The van der Waals surface area contributed by atoms with Crippen LogP contribution in [0, 0.1) is 0 Å². The topological polar surface area (TPSA) is 116 Å². The molecular formula is C12H13N5O2. The first-order chi connectivity index (χ1) is 9.10. The van der Waals surface area contributed by atoms with Crippen LogP contribution in [0.3, 0.4) is 0 Å². The highest BCUT2D eigenvalue weighted by molar-refractivity contribution is 5.93. The van der Waals surface area contributed by atoms with E-state index in [2.05, 4.69) is 10.5 Å². The van der Waals surface area contributed by atoms with Gasteiger partial charge in [0.15, 0.2) is 0 Å². The number of rotatable bonds is 4. The zero-order valence-electron chi connectivity index (χ0n) is 10.0. The predicted octanol–water partition coefficient (Wildman–Crippen LogP) is -0.366. The van der Waals surface area contributed by atoms with E-state index in [0.717, 1.165) is 5.56 Å². The summed E-state index contributed by atoms with van der Waals surface area (Å²) in [4.78, 5) is 22.2. The Bertz CT molecular complexity index is 603. The van der Waals surface area contributed by atoms with Gasteiger partial charge >= 0.3 is 0 Å². The summed E-state index contributed by atoms with van der Waals surface area (Å²) < 4.78 is 1.60. The Balaban J connectivity index is 2.10. The molecule has 19 heavy (non-hydrogen) atoms. The molecule has 0 aliphatic carbocycles. The molecule has 2 amide bonds. The monoisotopic (exact) mass is 259 g/mol. The lowest BCUT2D eigenvalue weighted by atomic mass is 10.1. The van der Waals surface area contributed by atoms with Crippen LogP contribution in [0.5, 0.6) is 0 Å². The molecule has 0 radical (unpaired) electrons. The van der Waals surface area contributed by atoms with Crippen molar-refractivity contribution in [2.45, 2.75) is 6.54 Å². The van der Waals surface area contributed by atoms with Crippen LogP contribution in [0.25, 0.3) is 0 Å². The summed E-state index contributed by atoms with van der Waals surface area (Å²) in [5.41, 5.74) is 8.81. The second-order valence-electron chi connectivity index (χ2n) is 3.93. The summed E-state index contributed by atoms with van der Waals surface area (Å²) in [6, 6.07) is 8.46. The van der Waals surface area contributed by atoms with Gasteiger partial charge in [-0.15, -0.1) is 0 Å². The van der Waals surface area contributed by atoms with Crippen LogP contribution in [0.4, 0.5) is 0 Å². The number of benzene rings is 1. The second-order valence-corrected chi connectivity index (χ2v) is 3.93. The molecule has 0 aliphatic heterocycles. The minimum absolute atomic E-state index is 0.221. The highest BCUT2D eigenvalue weighted by atomic mass is 16.2. The Morgan fingerprint density at radius 3 is 2.42 bits per heavy atom. The zero-order valence-corrected chi connectivity index (χ0v) is 10.0. The highest BCUT2D eigenvalue weighted by Crippen LogP contribution is 2.06. The van der Waals surface area contributed by atoms with Gasteiger partial charge in [0.05, 0.1) is 6.54 Å². The van der Waals surface area contributed by atoms with Gasteiger partial charge in [-0.2, -0.15) is 5.10 Å². The SMILES string of the molecule is NNC(=O)c1ccc(Cn2ccc(C(N)=O)n2)cc1. The normalized spacial score (nSPS) is 10.2. The number of nitrogens with zero attached hydrogens (tertiary/aromatic N) is 2. The van der Waals surface area contributed by atoms with Crippen LogP contribution in [0.15, 0.2) is 36.5 Å². The predicted molar refractivity (Wildman–Crippen MR) is 67.9 cm³/mol. The Morgan fingerprint density at radius 1 is 1.21 bits per heavy atom. The molecule has 1 heterocycles. The van der Waals surface area contributed by atoms with Crippen molar-refractivity contribution >= 4 is 11.8 Å². The molecule has 7 nitrogen and oxygen atoms in total. The van der Waals surface area contributed by atoms with Crippen molar-refractivity contribution in [2.24, 2.45) is 11.6 Å². The highest BCUT2D eigenvalue weighted by Gasteiger charge is 2.06. The number of primary amides is 1. The molecule has 5 N–H and O–H groups in total. The van der Waals surface area contributed by atoms with Crippen LogP contribution >= 0.6 is 0 Å². The molecule has 0 bridgehead atoms. The van der Waals surface area contributed by atoms with Crippen LogP contribution in [0.2, 0.25) is 0 Å². The number of hydrogen-bond donors (Lipinski definition) is 3. The van der Waals surface area contributed by atoms with E-state index in [0.29, 0.717) is 12.1 Å². The number of nitrogen functional groups attached to an aromatic ring is 1. The van der Waals surface area contributed by atoms with Crippen molar-refractivity contribution in [3.8, 4) is 0 Å². The average Bonchev–Trinajstić information content (AvgIpc) is 2.87.